The number of hydrogen-bond donors (Lipinski definition) is 1. The molecule has 0 aliphatic heterocycles. The molecule has 14 heavy (non-hydrogen) atoms. The maximum absolute atomic E-state index is 5.59. The molecule has 0 aromatic carbocycles. The van der Waals surface area contributed by atoms with Gasteiger partial charge in [-0.15, -0.1) is 0 Å². The topological polar surface area (TPSA) is 60.5 Å². The first-order chi connectivity index (χ1) is 6.76. The van der Waals surface area contributed by atoms with Crippen LogP contribution < -0.4 is 10.5 Å². The number of nitrogens with zero attached hydrogens (tertiary/aromatic N) is 2. The van der Waals surface area contributed by atoms with Crippen LogP contribution in [-0.2, 0) is 6.54 Å². The van der Waals surface area contributed by atoms with Crippen LogP contribution in [0.2, 0.25) is 0 Å². The van der Waals surface area contributed by atoms with E-state index in [1.165, 1.54) is 0 Å². The summed E-state index contributed by atoms with van der Waals surface area (Å²) in [7, 11) is 1.59. The molecule has 0 fully saturated rings. The van der Waals surface area contributed by atoms with Crippen molar-refractivity contribution in [3.05, 3.63) is 23.9 Å². The number of ether oxygens (including phenoxy) is 1. The minimum atomic E-state index is 0.582. The Balaban J connectivity index is 2.67. The van der Waals surface area contributed by atoms with Crippen LogP contribution >= 0.6 is 0 Å². The van der Waals surface area contributed by atoms with E-state index in [-0.39, 0.29) is 0 Å². The molecule has 1 rings (SSSR count). The summed E-state index contributed by atoms with van der Waals surface area (Å²) in [5.41, 5.74) is 6.64. The SMILES string of the molecule is CCC(N)=NCc1ccnc(OC)c1. The van der Waals surface area contributed by atoms with E-state index in [1.54, 1.807) is 13.3 Å². The fraction of sp³-hybridized carbons (Fsp3) is 0.400. The lowest BCUT2D eigenvalue weighted by Gasteiger charge is -2.01. The van der Waals surface area contributed by atoms with Crippen LogP contribution in [0.1, 0.15) is 18.9 Å². The second-order valence-electron chi connectivity index (χ2n) is 2.87. The van der Waals surface area contributed by atoms with Gasteiger partial charge in [-0.25, -0.2) is 4.98 Å². The van der Waals surface area contributed by atoms with Crippen molar-refractivity contribution in [2.45, 2.75) is 19.9 Å². The number of hydrogen-bond acceptors (Lipinski definition) is 3. The molecule has 1 aromatic heterocycles. The molecular formula is C10H15N3O. The van der Waals surface area contributed by atoms with Crippen molar-refractivity contribution in [1.29, 1.82) is 0 Å². The Morgan fingerprint density at radius 2 is 2.43 bits per heavy atom. The predicted octanol–water partition coefficient (Wildman–Crippen LogP) is 1.36. The van der Waals surface area contributed by atoms with Crippen molar-refractivity contribution >= 4 is 5.84 Å². The van der Waals surface area contributed by atoms with Gasteiger partial charge in [0.1, 0.15) is 0 Å². The third kappa shape index (κ3) is 3.05. The van der Waals surface area contributed by atoms with Crippen molar-refractivity contribution in [3.63, 3.8) is 0 Å². The standard InChI is InChI=1S/C10H15N3O/c1-3-9(11)13-7-8-4-5-12-10(6-8)14-2/h4-6H,3,7H2,1-2H3,(H2,11,13). The van der Waals surface area contributed by atoms with Gasteiger partial charge in [0.2, 0.25) is 5.88 Å². The Hall–Kier alpha value is -1.58. The number of rotatable bonds is 4. The van der Waals surface area contributed by atoms with Gasteiger partial charge >= 0.3 is 0 Å². The van der Waals surface area contributed by atoms with Crippen LogP contribution in [0, 0.1) is 0 Å². The Morgan fingerprint density at radius 1 is 1.64 bits per heavy atom. The molecule has 2 N–H and O–H groups in total. The van der Waals surface area contributed by atoms with E-state index in [9.17, 15) is 0 Å². The van der Waals surface area contributed by atoms with Gasteiger partial charge in [0, 0.05) is 18.7 Å². The van der Waals surface area contributed by atoms with Crippen molar-refractivity contribution in [2.24, 2.45) is 10.7 Å². The van der Waals surface area contributed by atoms with Crippen LogP contribution in [0.5, 0.6) is 5.88 Å². The van der Waals surface area contributed by atoms with Crippen LogP contribution in [0.25, 0.3) is 0 Å². The lowest BCUT2D eigenvalue weighted by molar-refractivity contribution is 0.397. The summed E-state index contributed by atoms with van der Waals surface area (Å²) in [6, 6.07) is 3.75. The number of aliphatic imine (C=N–C) groups is 1. The molecule has 0 atom stereocenters. The first kappa shape index (κ1) is 10.5. The molecule has 0 aliphatic rings. The van der Waals surface area contributed by atoms with Gasteiger partial charge < -0.3 is 10.5 Å². The normalized spacial score (nSPS) is 11.4. The van der Waals surface area contributed by atoms with Crippen molar-refractivity contribution in [3.8, 4) is 5.88 Å². The third-order valence-corrected chi connectivity index (χ3v) is 1.84. The fourth-order valence-electron chi connectivity index (χ4n) is 0.965. The number of methoxy groups -OCH3 is 1. The van der Waals surface area contributed by atoms with Crippen molar-refractivity contribution in [2.75, 3.05) is 7.11 Å². The maximum Gasteiger partial charge on any atom is 0.213 e. The summed E-state index contributed by atoms with van der Waals surface area (Å²) >= 11 is 0. The first-order valence-electron chi connectivity index (χ1n) is 4.54. The molecule has 0 spiro atoms. The van der Waals surface area contributed by atoms with Crippen LogP contribution in [-0.4, -0.2) is 17.9 Å². The molecule has 0 bridgehead atoms. The molecule has 0 saturated carbocycles. The molecule has 1 heterocycles. The number of amidine groups is 1. The molecule has 4 heteroatoms. The lowest BCUT2D eigenvalue weighted by Crippen LogP contribution is -2.09. The highest BCUT2D eigenvalue weighted by molar-refractivity contribution is 5.79. The number of pyridine rings is 1. The summed E-state index contributed by atoms with van der Waals surface area (Å²) in [5.74, 6) is 1.27. The summed E-state index contributed by atoms with van der Waals surface area (Å²) in [5, 5.41) is 0. The van der Waals surface area contributed by atoms with E-state index >= 15 is 0 Å². The van der Waals surface area contributed by atoms with E-state index < -0.39 is 0 Å². The third-order valence-electron chi connectivity index (χ3n) is 1.84. The van der Waals surface area contributed by atoms with E-state index in [2.05, 4.69) is 9.98 Å². The molecule has 4 nitrogen and oxygen atoms in total. The summed E-state index contributed by atoms with van der Waals surface area (Å²) in [4.78, 5) is 8.20. The Bertz CT molecular complexity index is 323. The molecule has 0 unspecified atom stereocenters. The average molecular weight is 193 g/mol. The Labute approximate surface area is 83.8 Å². The number of nitrogens with two attached hydrogens (primary N) is 1. The average Bonchev–Trinajstić information content (AvgIpc) is 2.26. The van der Waals surface area contributed by atoms with Gasteiger partial charge in [0.05, 0.1) is 19.5 Å². The zero-order valence-corrected chi connectivity index (χ0v) is 8.53. The highest BCUT2D eigenvalue weighted by Crippen LogP contribution is 2.09. The monoisotopic (exact) mass is 193 g/mol. The van der Waals surface area contributed by atoms with E-state index in [1.807, 2.05) is 19.1 Å². The molecule has 0 aliphatic carbocycles. The molecule has 0 saturated heterocycles. The van der Waals surface area contributed by atoms with Gasteiger partial charge in [-0.1, -0.05) is 6.92 Å². The Kier molecular flexibility index (Phi) is 3.91. The second kappa shape index (κ2) is 5.21. The highest BCUT2D eigenvalue weighted by atomic mass is 16.5. The Morgan fingerprint density at radius 3 is 3.07 bits per heavy atom. The van der Waals surface area contributed by atoms with Crippen LogP contribution in [0.4, 0.5) is 0 Å². The highest BCUT2D eigenvalue weighted by Gasteiger charge is 1.95. The molecule has 0 amide bonds. The first-order valence-corrected chi connectivity index (χ1v) is 4.54. The van der Waals surface area contributed by atoms with E-state index in [0.29, 0.717) is 18.3 Å². The lowest BCUT2D eigenvalue weighted by atomic mass is 10.2. The van der Waals surface area contributed by atoms with Crippen LogP contribution in [0.3, 0.4) is 0 Å². The van der Waals surface area contributed by atoms with Gasteiger partial charge in [-0.3, -0.25) is 4.99 Å². The number of aromatic nitrogens is 1. The molecule has 0 radical (unpaired) electrons. The van der Waals surface area contributed by atoms with Crippen molar-refractivity contribution in [1.82, 2.24) is 4.98 Å². The van der Waals surface area contributed by atoms with Gasteiger partial charge in [0.25, 0.3) is 0 Å². The summed E-state index contributed by atoms with van der Waals surface area (Å²) < 4.78 is 5.00. The van der Waals surface area contributed by atoms with Crippen molar-refractivity contribution < 1.29 is 4.74 Å². The molecule has 1 aromatic rings. The van der Waals surface area contributed by atoms with Gasteiger partial charge in [0.15, 0.2) is 0 Å². The van der Waals surface area contributed by atoms with E-state index in [4.69, 9.17) is 10.5 Å². The zero-order chi connectivity index (χ0) is 10.4. The largest absolute Gasteiger partial charge is 0.481 e. The quantitative estimate of drug-likeness (QED) is 0.580. The summed E-state index contributed by atoms with van der Waals surface area (Å²) in [6.07, 6.45) is 2.48. The van der Waals surface area contributed by atoms with Crippen LogP contribution in [0.15, 0.2) is 23.3 Å². The summed E-state index contributed by atoms with van der Waals surface area (Å²) in [6.45, 7) is 2.56. The molecule has 76 valence electrons. The maximum atomic E-state index is 5.59. The van der Waals surface area contributed by atoms with Gasteiger partial charge in [-0.05, 0) is 11.6 Å². The molecular weight excluding hydrogens is 178 g/mol. The van der Waals surface area contributed by atoms with E-state index in [0.717, 1.165) is 12.0 Å². The van der Waals surface area contributed by atoms with Gasteiger partial charge in [-0.2, -0.15) is 0 Å². The second-order valence-corrected chi connectivity index (χ2v) is 2.87. The predicted molar refractivity (Wildman–Crippen MR) is 56.4 cm³/mol. The smallest absolute Gasteiger partial charge is 0.213 e. The minimum absolute atomic E-state index is 0.582. The fourth-order valence-corrected chi connectivity index (χ4v) is 0.965. The minimum Gasteiger partial charge on any atom is -0.481 e. The zero-order valence-electron chi connectivity index (χ0n) is 8.53.